The highest BCUT2D eigenvalue weighted by molar-refractivity contribution is 6.06. The van der Waals surface area contributed by atoms with E-state index < -0.39 is 30.0 Å². The maximum Gasteiger partial charge on any atom is 0.315 e. The van der Waals surface area contributed by atoms with E-state index in [-0.39, 0.29) is 24.7 Å². The van der Waals surface area contributed by atoms with Crippen molar-refractivity contribution in [3.63, 3.8) is 0 Å². The zero-order valence-corrected chi connectivity index (χ0v) is 11.1. The number of carbonyl (C=O) groups is 4. The van der Waals surface area contributed by atoms with Crippen LogP contribution in [-0.2, 0) is 14.4 Å². The number of imide groups is 1. The predicted molar refractivity (Wildman–Crippen MR) is 66.6 cm³/mol. The van der Waals surface area contributed by atoms with Crippen LogP contribution in [0.25, 0.3) is 0 Å². The number of urea groups is 1. The number of aliphatic carboxylic acids is 1. The van der Waals surface area contributed by atoms with Crippen molar-refractivity contribution in [3.8, 4) is 0 Å². The Morgan fingerprint density at radius 2 is 2.05 bits per heavy atom. The number of rotatable bonds is 5. The van der Waals surface area contributed by atoms with Gasteiger partial charge in [0.25, 0.3) is 5.91 Å². The lowest BCUT2D eigenvalue weighted by molar-refractivity contribution is -0.138. The van der Waals surface area contributed by atoms with Crippen molar-refractivity contribution in [2.45, 2.75) is 37.8 Å². The maximum atomic E-state index is 11.8. The first kappa shape index (κ1) is 14.3. The van der Waals surface area contributed by atoms with Crippen molar-refractivity contribution in [1.29, 1.82) is 0 Å². The van der Waals surface area contributed by atoms with E-state index in [1.165, 1.54) is 7.05 Å². The Bertz CT molecular complexity index is 460. The second-order valence-corrected chi connectivity index (χ2v) is 5.21. The van der Waals surface area contributed by atoms with Gasteiger partial charge in [-0.15, -0.1) is 0 Å². The van der Waals surface area contributed by atoms with Gasteiger partial charge in [-0.3, -0.25) is 19.3 Å². The minimum absolute atomic E-state index is 0.0597. The molecule has 2 aliphatic rings. The lowest BCUT2D eigenvalue weighted by atomic mass is 10.1. The van der Waals surface area contributed by atoms with Crippen LogP contribution in [0.4, 0.5) is 4.79 Å². The van der Waals surface area contributed by atoms with Crippen LogP contribution in [0.5, 0.6) is 0 Å². The Hall–Kier alpha value is -2.12. The second kappa shape index (κ2) is 5.48. The van der Waals surface area contributed by atoms with Gasteiger partial charge in [0.2, 0.25) is 5.91 Å². The van der Waals surface area contributed by atoms with E-state index in [1.807, 2.05) is 0 Å². The fourth-order valence-corrected chi connectivity index (χ4v) is 2.26. The monoisotopic (exact) mass is 283 g/mol. The van der Waals surface area contributed by atoms with Gasteiger partial charge in [-0.05, 0) is 18.8 Å². The molecular weight excluding hydrogens is 266 g/mol. The number of nitrogens with one attached hydrogen (secondary N) is 2. The van der Waals surface area contributed by atoms with Crippen LogP contribution in [0.1, 0.15) is 25.7 Å². The molecule has 1 saturated carbocycles. The highest BCUT2D eigenvalue weighted by Crippen LogP contribution is 2.34. The molecule has 3 N–H and O–H groups in total. The van der Waals surface area contributed by atoms with Crippen molar-refractivity contribution in [2.75, 3.05) is 7.05 Å². The molecule has 0 aromatic rings. The van der Waals surface area contributed by atoms with Gasteiger partial charge in [0, 0.05) is 13.1 Å². The zero-order valence-electron chi connectivity index (χ0n) is 11.1. The summed E-state index contributed by atoms with van der Waals surface area (Å²) in [6, 6.07) is -1.90. The minimum atomic E-state index is -0.978. The molecule has 0 aromatic carbocycles. The molecule has 1 saturated heterocycles. The van der Waals surface area contributed by atoms with Crippen LogP contribution in [0, 0.1) is 5.92 Å². The molecule has 8 nitrogen and oxygen atoms in total. The Kier molecular flexibility index (Phi) is 3.91. The number of hydrogen-bond acceptors (Lipinski definition) is 4. The van der Waals surface area contributed by atoms with Gasteiger partial charge in [0.05, 0.1) is 12.8 Å². The van der Waals surface area contributed by atoms with Crippen LogP contribution < -0.4 is 10.6 Å². The average Bonchev–Trinajstić information content (AvgIpc) is 3.15. The van der Waals surface area contributed by atoms with Crippen molar-refractivity contribution in [1.82, 2.24) is 15.5 Å². The van der Waals surface area contributed by atoms with Crippen LogP contribution in [0.3, 0.4) is 0 Å². The molecule has 2 atom stereocenters. The van der Waals surface area contributed by atoms with E-state index in [1.54, 1.807) is 0 Å². The Balaban J connectivity index is 1.87. The molecule has 1 aliphatic carbocycles. The van der Waals surface area contributed by atoms with Gasteiger partial charge in [-0.25, -0.2) is 4.79 Å². The number of likely N-dealkylation sites (N-methyl/N-ethyl adjacent to an activating group) is 1. The molecule has 0 aromatic heterocycles. The summed E-state index contributed by atoms with van der Waals surface area (Å²) >= 11 is 0. The van der Waals surface area contributed by atoms with Gasteiger partial charge < -0.3 is 15.7 Å². The maximum absolute atomic E-state index is 11.8. The van der Waals surface area contributed by atoms with Gasteiger partial charge in [-0.1, -0.05) is 0 Å². The lowest BCUT2D eigenvalue weighted by Crippen LogP contribution is -2.49. The molecule has 1 heterocycles. The Morgan fingerprint density at radius 1 is 1.40 bits per heavy atom. The second-order valence-electron chi connectivity index (χ2n) is 5.21. The first-order valence-corrected chi connectivity index (χ1v) is 6.47. The number of amides is 4. The van der Waals surface area contributed by atoms with E-state index in [9.17, 15) is 19.2 Å². The summed E-state index contributed by atoms with van der Waals surface area (Å²) < 4.78 is 0. The van der Waals surface area contributed by atoms with E-state index in [4.69, 9.17) is 5.11 Å². The normalized spacial score (nSPS) is 23.6. The van der Waals surface area contributed by atoms with Gasteiger partial charge >= 0.3 is 12.0 Å². The highest BCUT2D eigenvalue weighted by atomic mass is 16.4. The molecule has 0 radical (unpaired) electrons. The lowest BCUT2D eigenvalue weighted by Gasteiger charge is -2.18. The van der Waals surface area contributed by atoms with E-state index in [0.29, 0.717) is 0 Å². The third-order valence-corrected chi connectivity index (χ3v) is 3.59. The van der Waals surface area contributed by atoms with Crippen molar-refractivity contribution in [3.05, 3.63) is 0 Å². The number of hydrogen-bond donors (Lipinski definition) is 3. The van der Waals surface area contributed by atoms with Gasteiger partial charge in [0.1, 0.15) is 6.04 Å². The van der Waals surface area contributed by atoms with Gasteiger partial charge in [0.15, 0.2) is 0 Å². The third kappa shape index (κ3) is 3.25. The number of carboxylic acids is 1. The number of carbonyl (C=O) groups excluding carboxylic acids is 3. The van der Waals surface area contributed by atoms with Crippen molar-refractivity contribution in [2.24, 2.45) is 5.92 Å². The topological polar surface area (TPSA) is 116 Å². The fraction of sp³-hybridized carbons (Fsp3) is 0.667. The summed E-state index contributed by atoms with van der Waals surface area (Å²) in [6.45, 7) is 0. The first-order chi connectivity index (χ1) is 9.38. The predicted octanol–water partition coefficient (Wildman–Crippen LogP) is -0.704. The third-order valence-electron chi connectivity index (χ3n) is 3.59. The molecule has 0 spiro atoms. The fourth-order valence-electron chi connectivity index (χ4n) is 2.26. The summed E-state index contributed by atoms with van der Waals surface area (Å²) in [7, 11) is 1.36. The quantitative estimate of drug-likeness (QED) is 0.577. The van der Waals surface area contributed by atoms with Gasteiger partial charge in [-0.2, -0.15) is 0 Å². The summed E-state index contributed by atoms with van der Waals surface area (Å²) in [5.41, 5.74) is 0. The molecule has 1 aliphatic heterocycles. The summed E-state index contributed by atoms with van der Waals surface area (Å²) in [5.74, 6) is -1.59. The number of likely N-dealkylation sites (tertiary alicyclic amines) is 1. The molecule has 2 fully saturated rings. The molecule has 20 heavy (non-hydrogen) atoms. The molecule has 0 bridgehead atoms. The van der Waals surface area contributed by atoms with Crippen LogP contribution in [0.2, 0.25) is 0 Å². The van der Waals surface area contributed by atoms with Crippen LogP contribution in [-0.4, -0.2) is 53.0 Å². The smallest absolute Gasteiger partial charge is 0.315 e. The van der Waals surface area contributed by atoms with E-state index in [0.717, 1.165) is 17.7 Å². The minimum Gasteiger partial charge on any atom is -0.481 e. The van der Waals surface area contributed by atoms with Crippen molar-refractivity contribution < 1.29 is 24.3 Å². The summed E-state index contributed by atoms with van der Waals surface area (Å²) in [5, 5.41) is 13.8. The Morgan fingerprint density at radius 3 is 2.50 bits per heavy atom. The molecule has 4 amide bonds. The molecule has 8 heteroatoms. The number of nitrogens with zero attached hydrogens (tertiary/aromatic N) is 1. The molecule has 110 valence electrons. The SMILES string of the molecule is CN1C(=O)CC(NC(=O)NC(CC(=O)O)C2CC2)C1=O. The largest absolute Gasteiger partial charge is 0.481 e. The average molecular weight is 283 g/mol. The molecule has 2 unspecified atom stereocenters. The molecular formula is C12H17N3O5. The molecule has 2 rings (SSSR count). The Labute approximate surface area is 115 Å². The van der Waals surface area contributed by atoms with E-state index in [2.05, 4.69) is 10.6 Å². The summed E-state index contributed by atoms with van der Waals surface area (Å²) in [4.78, 5) is 46.4. The van der Waals surface area contributed by atoms with Crippen molar-refractivity contribution >= 4 is 23.8 Å². The zero-order chi connectivity index (χ0) is 14.9. The van der Waals surface area contributed by atoms with E-state index >= 15 is 0 Å². The number of carboxylic acid groups (broad SMARTS) is 1. The first-order valence-electron chi connectivity index (χ1n) is 6.47. The highest BCUT2D eigenvalue weighted by Gasteiger charge is 2.38. The van der Waals surface area contributed by atoms with Crippen LogP contribution in [0.15, 0.2) is 0 Å². The summed E-state index contributed by atoms with van der Waals surface area (Å²) in [6.07, 6.45) is 1.58. The standard InChI is InChI=1S/C12H17N3O5/c1-15-9(16)4-8(11(15)19)14-12(20)13-7(5-10(17)18)6-2-3-6/h6-8H,2-5H2,1H3,(H,17,18)(H2,13,14,20). The van der Waals surface area contributed by atoms with Crippen LogP contribution >= 0.6 is 0 Å².